The van der Waals surface area contributed by atoms with Crippen LogP contribution in [0.5, 0.6) is 0 Å². The number of benzene rings is 1. The van der Waals surface area contributed by atoms with Gasteiger partial charge in [0.05, 0.1) is 12.0 Å². The molecule has 1 amide bonds. The molecule has 6 nitrogen and oxygen atoms in total. The highest BCUT2D eigenvalue weighted by molar-refractivity contribution is 6.31. The number of fused-ring (bicyclic) bond motifs is 1. The fourth-order valence-corrected chi connectivity index (χ4v) is 3.73. The summed E-state index contributed by atoms with van der Waals surface area (Å²) in [5.41, 5.74) is 1.48. The van der Waals surface area contributed by atoms with Crippen molar-refractivity contribution in [3.8, 4) is 6.07 Å². The molecular formula is C18H19ClN4O2. The molecule has 7 heteroatoms. The number of hydrogen-bond donors (Lipinski definition) is 0. The van der Waals surface area contributed by atoms with Crippen LogP contribution in [0.1, 0.15) is 19.3 Å². The van der Waals surface area contributed by atoms with Crippen molar-refractivity contribution in [1.82, 2.24) is 9.88 Å². The van der Waals surface area contributed by atoms with E-state index in [2.05, 4.69) is 16.0 Å². The molecule has 1 aromatic heterocycles. The van der Waals surface area contributed by atoms with Crippen LogP contribution >= 0.6 is 11.6 Å². The third kappa shape index (κ3) is 3.29. The Morgan fingerprint density at radius 1 is 1.40 bits per heavy atom. The maximum absolute atomic E-state index is 12.3. The van der Waals surface area contributed by atoms with Crippen LogP contribution in [-0.4, -0.2) is 42.0 Å². The van der Waals surface area contributed by atoms with Crippen molar-refractivity contribution in [2.75, 3.05) is 31.1 Å². The summed E-state index contributed by atoms with van der Waals surface area (Å²) in [6.45, 7) is 2.81. The van der Waals surface area contributed by atoms with Gasteiger partial charge in [0.1, 0.15) is 5.52 Å². The van der Waals surface area contributed by atoms with E-state index in [1.165, 1.54) is 0 Å². The minimum Gasteiger partial charge on any atom is -0.423 e. The molecule has 2 aliphatic rings. The van der Waals surface area contributed by atoms with Gasteiger partial charge in [0.25, 0.3) is 6.01 Å². The molecule has 2 aliphatic heterocycles. The lowest BCUT2D eigenvalue weighted by atomic mass is 9.93. The summed E-state index contributed by atoms with van der Waals surface area (Å²) in [6.07, 6.45) is 2.57. The average molecular weight is 359 g/mol. The second-order valence-corrected chi connectivity index (χ2v) is 7.33. The van der Waals surface area contributed by atoms with Gasteiger partial charge in [-0.2, -0.15) is 10.2 Å². The van der Waals surface area contributed by atoms with Gasteiger partial charge in [0, 0.05) is 43.7 Å². The predicted molar refractivity (Wildman–Crippen MR) is 94.3 cm³/mol. The summed E-state index contributed by atoms with van der Waals surface area (Å²) in [4.78, 5) is 20.8. The Morgan fingerprint density at radius 2 is 2.24 bits per heavy atom. The SMILES string of the molecule is N#CC1CN(C(=O)CC2CCCN(c3nc4ccc(Cl)cc4o3)C2)C1. The second-order valence-electron chi connectivity index (χ2n) is 6.89. The molecule has 0 spiro atoms. The van der Waals surface area contributed by atoms with E-state index >= 15 is 0 Å². The number of hydrogen-bond acceptors (Lipinski definition) is 5. The lowest BCUT2D eigenvalue weighted by Crippen LogP contribution is -2.50. The molecule has 1 atom stereocenters. The number of carbonyl (C=O) groups is 1. The molecule has 3 heterocycles. The number of oxazole rings is 1. The fraction of sp³-hybridized carbons (Fsp3) is 0.500. The van der Waals surface area contributed by atoms with Gasteiger partial charge in [-0.3, -0.25) is 4.79 Å². The van der Waals surface area contributed by atoms with Gasteiger partial charge in [0.15, 0.2) is 5.58 Å². The van der Waals surface area contributed by atoms with Gasteiger partial charge in [0.2, 0.25) is 5.91 Å². The van der Waals surface area contributed by atoms with E-state index in [1.807, 2.05) is 6.07 Å². The number of anilines is 1. The molecular weight excluding hydrogens is 340 g/mol. The van der Waals surface area contributed by atoms with Gasteiger partial charge in [-0.15, -0.1) is 0 Å². The number of halogens is 1. The number of nitriles is 1. The number of nitrogens with zero attached hydrogens (tertiary/aromatic N) is 4. The van der Waals surface area contributed by atoms with E-state index in [-0.39, 0.29) is 11.8 Å². The number of carbonyl (C=O) groups excluding carboxylic acids is 1. The van der Waals surface area contributed by atoms with Crippen LogP contribution in [-0.2, 0) is 4.79 Å². The molecule has 1 aromatic carbocycles. The zero-order chi connectivity index (χ0) is 17.4. The standard InChI is InChI=1S/C18H19ClN4O2/c19-14-3-4-15-16(7-14)25-18(21-15)22-5-1-2-12(9-22)6-17(24)23-10-13(8-20)11-23/h3-4,7,12-13H,1-2,5-6,9-11H2. The highest BCUT2D eigenvalue weighted by atomic mass is 35.5. The van der Waals surface area contributed by atoms with E-state index in [4.69, 9.17) is 21.3 Å². The zero-order valence-corrected chi connectivity index (χ0v) is 14.6. The maximum atomic E-state index is 12.3. The van der Waals surface area contributed by atoms with E-state index in [0.717, 1.165) is 31.4 Å². The van der Waals surface area contributed by atoms with Gasteiger partial charge in [-0.1, -0.05) is 11.6 Å². The predicted octanol–water partition coefficient (Wildman–Crippen LogP) is 3.07. The smallest absolute Gasteiger partial charge is 0.298 e. The number of amides is 1. The summed E-state index contributed by atoms with van der Waals surface area (Å²) in [5, 5.41) is 9.45. The quantitative estimate of drug-likeness (QED) is 0.843. The highest BCUT2D eigenvalue weighted by Crippen LogP contribution is 2.29. The summed E-state index contributed by atoms with van der Waals surface area (Å²) in [5.74, 6) is 0.460. The summed E-state index contributed by atoms with van der Waals surface area (Å²) in [6, 6.07) is 8.23. The summed E-state index contributed by atoms with van der Waals surface area (Å²) in [7, 11) is 0. The van der Waals surface area contributed by atoms with Crippen LogP contribution in [0.25, 0.3) is 11.1 Å². The first-order chi connectivity index (χ1) is 12.1. The van der Waals surface area contributed by atoms with Gasteiger partial charge in [-0.25, -0.2) is 0 Å². The van der Waals surface area contributed by atoms with Crippen molar-refractivity contribution in [2.45, 2.75) is 19.3 Å². The maximum Gasteiger partial charge on any atom is 0.298 e. The first kappa shape index (κ1) is 16.2. The molecule has 0 radical (unpaired) electrons. The normalized spacial score (nSPS) is 21.2. The van der Waals surface area contributed by atoms with E-state index in [9.17, 15) is 4.79 Å². The third-order valence-electron chi connectivity index (χ3n) is 5.01. The van der Waals surface area contributed by atoms with Crippen molar-refractivity contribution in [2.24, 2.45) is 11.8 Å². The molecule has 2 saturated heterocycles. The van der Waals surface area contributed by atoms with Crippen molar-refractivity contribution in [3.05, 3.63) is 23.2 Å². The van der Waals surface area contributed by atoms with Crippen LogP contribution < -0.4 is 4.90 Å². The minimum atomic E-state index is 0.0124. The monoisotopic (exact) mass is 358 g/mol. The Labute approximate surface area is 151 Å². The molecule has 2 fully saturated rings. The zero-order valence-electron chi connectivity index (χ0n) is 13.8. The number of piperidine rings is 1. The Hall–Kier alpha value is -2.26. The Kier molecular flexibility index (Phi) is 4.26. The number of aromatic nitrogens is 1. The van der Waals surface area contributed by atoms with Crippen molar-refractivity contribution < 1.29 is 9.21 Å². The average Bonchev–Trinajstić information content (AvgIpc) is 2.97. The summed E-state index contributed by atoms with van der Waals surface area (Å²) >= 11 is 6.00. The molecule has 130 valence electrons. The Balaban J connectivity index is 1.40. The number of rotatable bonds is 3. The molecule has 0 bridgehead atoms. The summed E-state index contributed by atoms with van der Waals surface area (Å²) < 4.78 is 5.85. The van der Waals surface area contributed by atoms with Crippen molar-refractivity contribution in [1.29, 1.82) is 5.26 Å². The van der Waals surface area contributed by atoms with E-state index in [0.29, 0.717) is 42.0 Å². The molecule has 4 rings (SSSR count). The van der Waals surface area contributed by atoms with Crippen LogP contribution in [0.3, 0.4) is 0 Å². The van der Waals surface area contributed by atoms with Crippen LogP contribution in [0.2, 0.25) is 5.02 Å². The van der Waals surface area contributed by atoms with E-state index < -0.39 is 0 Å². The lowest BCUT2D eigenvalue weighted by molar-refractivity contribution is -0.137. The molecule has 25 heavy (non-hydrogen) atoms. The topological polar surface area (TPSA) is 73.4 Å². The van der Waals surface area contributed by atoms with Crippen molar-refractivity contribution in [3.63, 3.8) is 0 Å². The van der Waals surface area contributed by atoms with Gasteiger partial charge in [-0.05, 0) is 30.9 Å². The molecule has 1 unspecified atom stereocenters. The molecule has 2 aromatic rings. The van der Waals surface area contributed by atoms with Crippen LogP contribution in [0, 0.1) is 23.2 Å². The van der Waals surface area contributed by atoms with Gasteiger partial charge >= 0.3 is 0 Å². The molecule has 0 N–H and O–H groups in total. The van der Waals surface area contributed by atoms with Gasteiger partial charge < -0.3 is 14.2 Å². The highest BCUT2D eigenvalue weighted by Gasteiger charge is 2.33. The van der Waals surface area contributed by atoms with Crippen molar-refractivity contribution >= 4 is 34.6 Å². The minimum absolute atomic E-state index is 0.0124. The largest absolute Gasteiger partial charge is 0.423 e. The number of likely N-dealkylation sites (tertiary alicyclic amines) is 1. The van der Waals surface area contributed by atoms with Crippen LogP contribution in [0.4, 0.5) is 6.01 Å². The first-order valence-corrected chi connectivity index (χ1v) is 8.98. The Morgan fingerprint density at radius 3 is 3.04 bits per heavy atom. The second kappa shape index (κ2) is 6.57. The third-order valence-corrected chi connectivity index (χ3v) is 5.24. The molecule has 0 aliphatic carbocycles. The lowest BCUT2D eigenvalue weighted by Gasteiger charge is -2.37. The Bertz CT molecular complexity index is 837. The van der Waals surface area contributed by atoms with Crippen LogP contribution in [0.15, 0.2) is 22.6 Å². The molecule has 0 saturated carbocycles. The fourth-order valence-electron chi connectivity index (χ4n) is 3.57. The first-order valence-electron chi connectivity index (χ1n) is 8.61. The van der Waals surface area contributed by atoms with E-state index in [1.54, 1.807) is 17.0 Å².